The molecule has 0 fully saturated rings. The lowest BCUT2D eigenvalue weighted by Crippen LogP contribution is -2.37. The first-order chi connectivity index (χ1) is 11.9. The van der Waals surface area contributed by atoms with Crippen molar-refractivity contribution < 1.29 is 4.74 Å². The summed E-state index contributed by atoms with van der Waals surface area (Å²) in [5.41, 5.74) is 3.00. The Hall–Kier alpha value is -1.82. The third-order valence-electron chi connectivity index (χ3n) is 4.09. The minimum absolute atomic E-state index is 0.122. The van der Waals surface area contributed by atoms with Crippen molar-refractivity contribution in [3.63, 3.8) is 0 Å². The fraction of sp³-hybridized carbons (Fsp3) is 0.316. The monoisotopic (exact) mass is 377 g/mol. The van der Waals surface area contributed by atoms with E-state index in [-0.39, 0.29) is 6.04 Å². The van der Waals surface area contributed by atoms with Crippen LogP contribution in [-0.2, 0) is 0 Å². The number of methoxy groups -OCH3 is 1. The van der Waals surface area contributed by atoms with Crippen molar-refractivity contribution in [1.82, 2.24) is 10.2 Å². The highest BCUT2D eigenvalue weighted by atomic mass is 35.5. The van der Waals surface area contributed by atoms with Gasteiger partial charge in [-0.25, -0.2) is 0 Å². The van der Waals surface area contributed by atoms with E-state index >= 15 is 0 Å². The van der Waals surface area contributed by atoms with Crippen LogP contribution in [0.2, 0.25) is 5.02 Å². The van der Waals surface area contributed by atoms with Crippen LogP contribution in [0.1, 0.15) is 17.2 Å². The predicted molar refractivity (Wildman–Crippen MR) is 110 cm³/mol. The van der Waals surface area contributed by atoms with Crippen LogP contribution in [-0.4, -0.2) is 37.8 Å². The summed E-state index contributed by atoms with van der Waals surface area (Å²) in [6, 6.07) is 13.9. The Kier molecular flexibility index (Phi) is 7.05. The van der Waals surface area contributed by atoms with E-state index in [4.69, 9.17) is 28.6 Å². The lowest BCUT2D eigenvalue weighted by atomic mass is 10.0. The minimum atomic E-state index is 0.122. The molecule has 4 nitrogen and oxygen atoms in total. The van der Waals surface area contributed by atoms with Gasteiger partial charge in [0, 0.05) is 22.8 Å². The molecule has 2 aromatic rings. The molecule has 0 saturated heterocycles. The number of nitrogens with zero attached hydrogens (tertiary/aromatic N) is 1. The van der Waals surface area contributed by atoms with Crippen LogP contribution in [0.25, 0.3) is 0 Å². The molecule has 0 heterocycles. The summed E-state index contributed by atoms with van der Waals surface area (Å²) in [5.74, 6) is 0.868. The van der Waals surface area contributed by atoms with E-state index in [1.807, 2.05) is 57.4 Å². The molecule has 0 saturated carbocycles. The Balaban J connectivity index is 2.06. The lowest BCUT2D eigenvalue weighted by Gasteiger charge is -2.27. The second kappa shape index (κ2) is 9.04. The average Bonchev–Trinajstić information content (AvgIpc) is 2.59. The first kappa shape index (κ1) is 19.5. The number of ether oxygens (including phenoxy) is 1. The molecule has 0 spiro atoms. The summed E-state index contributed by atoms with van der Waals surface area (Å²) >= 11 is 11.6. The second-order valence-corrected chi connectivity index (χ2v) is 6.78. The molecule has 2 rings (SSSR count). The van der Waals surface area contributed by atoms with Crippen molar-refractivity contribution >= 4 is 34.6 Å². The van der Waals surface area contributed by atoms with Gasteiger partial charge in [-0.3, -0.25) is 0 Å². The van der Waals surface area contributed by atoms with Crippen LogP contribution in [0.15, 0.2) is 42.5 Å². The van der Waals surface area contributed by atoms with Gasteiger partial charge in [-0.2, -0.15) is 0 Å². The van der Waals surface area contributed by atoms with Gasteiger partial charge in [-0.15, -0.1) is 0 Å². The van der Waals surface area contributed by atoms with E-state index in [0.29, 0.717) is 16.7 Å². The van der Waals surface area contributed by atoms with E-state index < -0.39 is 0 Å². The predicted octanol–water partition coefficient (Wildman–Crippen LogP) is 4.25. The number of benzene rings is 2. The maximum absolute atomic E-state index is 6.16. The first-order valence-electron chi connectivity index (χ1n) is 8.03. The van der Waals surface area contributed by atoms with Crippen molar-refractivity contribution in [3.8, 4) is 5.75 Å². The van der Waals surface area contributed by atoms with Gasteiger partial charge in [0.15, 0.2) is 5.11 Å². The topological polar surface area (TPSA) is 36.5 Å². The quantitative estimate of drug-likeness (QED) is 0.736. The standard InChI is InChI=1S/C19H24ClN3OS/c1-13-15(20)9-7-10-16(13)22-19(25)21-12-17(23(2)3)14-8-5-6-11-18(14)24-4/h5-11,17H,12H2,1-4H3,(H2,21,22,25)/t17-/m0/s1. The molecule has 2 N–H and O–H groups in total. The number of nitrogens with one attached hydrogen (secondary N) is 2. The van der Waals surface area contributed by atoms with Gasteiger partial charge in [-0.05, 0) is 57.0 Å². The fourth-order valence-electron chi connectivity index (χ4n) is 2.61. The summed E-state index contributed by atoms with van der Waals surface area (Å²) in [5, 5.41) is 7.78. The fourth-order valence-corrected chi connectivity index (χ4v) is 2.98. The van der Waals surface area contributed by atoms with Crippen molar-refractivity contribution in [2.45, 2.75) is 13.0 Å². The van der Waals surface area contributed by atoms with Crippen molar-refractivity contribution in [2.75, 3.05) is 33.1 Å². The normalized spacial score (nSPS) is 11.9. The third-order valence-corrected chi connectivity index (χ3v) is 4.75. The SMILES string of the molecule is COc1ccccc1[C@H](CNC(=S)Nc1cccc(Cl)c1C)N(C)C. The van der Waals surface area contributed by atoms with Gasteiger partial charge in [-0.1, -0.05) is 35.9 Å². The van der Waals surface area contributed by atoms with E-state index in [0.717, 1.165) is 22.6 Å². The molecule has 0 amide bonds. The zero-order chi connectivity index (χ0) is 18.4. The van der Waals surface area contributed by atoms with Crippen LogP contribution in [0.4, 0.5) is 5.69 Å². The Morgan fingerprint density at radius 3 is 2.60 bits per heavy atom. The summed E-state index contributed by atoms with van der Waals surface area (Å²) in [6.07, 6.45) is 0. The highest BCUT2D eigenvalue weighted by Crippen LogP contribution is 2.27. The summed E-state index contributed by atoms with van der Waals surface area (Å²) < 4.78 is 5.49. The van der Waals surface area contributed by atoms with Crippen molar-refractivity contribution in [1.29, 1.82) is 0 Å². The number of halogens is 1. The molecule has 25 heavy (non-hydrogen) atoms. The number of hydrogen-bond acceptors (Lipinski definition) is 3. The maximum atomic E-state index is 6.16. The third kappa shape index (κ3) is 5.08. The van der Waals surface area contributed by atoms with Gasteiger partial charge in [0.25, 0.3) is 0 Å². The number of rotatable bonds is 6. The van der Waals surface area contributed by atoms with Gasteiger partial charge in [0.1, 0.15) is 5.75 Å². The Bertz CT molecular complexity index is 736. The number of likely N-dealkylation sites (N-methyl/N-ethyl adjacent to an activating group) is 1. The highest BCUT2D eigenvalue weighted by molar-refractivity contribution is 7.80. The zero-order valence-corrected chi connectivity index (χ0v) is 16.5. The average molecular weight is 378 g/mol. The first-order valence-corrected chi connectivity index (χ1v) is 8.82. The molecule has 0 aromatic heterocycles. The molecular weight excluding hydrogens is 354 g/mol. The molecule has 134 valence electrons. The van der Waals surface area contributed by atoms with Gasteiger partial charge < -0.3 is 20.3 Å². The Labute approximate surface area is 160 Å². The van der Waals surface area contributed by atoms with Crippen molar-refractivity contribution in [2.24, 2.45) is 0 Å². The van der Waals surface area contributed by atoms with Crippen LogP contribution < -0.4 is 15.4 Å². The number of anilines is 1. The van der Waals surface area contributed by atoms with E-state index in [9.17, 15) is 0 Å². The molecule has 0 aliphatic heterocycles. The van der Waals surface area contributed by atoms with Crippen LogP contribution in [0, 0.1) is 6.92 Å². The van der Waals surface area contributed by atoms with Gasteiger partial charge in [0.2, 0.25) is 0 Å². The summed E-state index contributed by atoms with van der Waals surface area (Å²) in [6.45, 7) is 2.61. The highest BCUT2D eigenvalue weighted by Gasteiger charge is 2.18. The van der Waals surface area contributed by atoms with Gasteiger partial charge >= 0.3 is 0 Å². The zero-order valence-electron chi connectivity index (χ0n) is 15.0. The van der Waals surface area contributed by atoms with Crippen LogP contribution in [0.3, 0.4) is 0 Å². The molecule has 0 aliphatic rings. The molecular formula is C19H24ClN3OS. The van der Waals surface area contributed by atoms with Crippen molar-refractivity contribution in [3.05, 3.63) is 58.6 Å². The lowest BCUT2D eigenvalue weighted by molar-refractivity contribution is 0.288. The smallest absolute Gasteiger partial charge is 0.170 e. The molecule has 1 atom stereocenters. The minimum Gasteiger partial charge on any atom is -0.496 e. The van der Waals surface area contributed by atoms with E-state index in [2.05, 4.69) is 21.6 Å². The summed E-state index contributed by atoms with van der Waals surface area (Å²) in [7, 11) is 5.76. The van der Waals surface area contributed by atoms with Crippen LogP contribution in [0.5, 0.6) is 5.75 Å². The van der Waals surface area contributed by atoms with Crippen LogP contribution >= 0.6 is 23.8 Å². The van der Waals surface area contributed by atoms with E-state index in [1.54, 1.807) is 7.11 Å². The Morgan fingerprint density at radius 2 is 1.92 bits per heavy atom. The molecule has 6 heteroatoms. The largest absolute Gasteiger partial charge is 0.496 e. The number of hydrogen-bond donors (Lipinski definition) is 2. The van der Waals surface area contributed by atoms with E-state index in [1.165, 1.54) is 0 Å². The van der Waals surface area contributed by atoms with Gasteiger partial charge in [0.05, 0.1) is 13.2 Å². The number of para-hydroxylation sites is 1. The Morgan fingerprint density at radius 1 is 1.20 bits per heavy atom. The molecule has 0 aliphatic carbocycles. The molecule has 0 radical (unpaired) electrons. The summed E-state index contributed by atoms with van der Waals surface area (Å²) in [4.78, 5) is 2.14. The molecule has 0 unspecified atom stereocenters. The second-order valence-electron chi connectivity index (χ2n) is 5.97. The molecule has 2 aromatic carbocycles. The number of thiocarbonyl (C=S) groups is 1. The molecule has 0 bridgehead atoms. The maximum Gasteiger partial charge on any atom is 0.170 e.